The van der Waals surface area contributed by atoms with Crippen molar-refractivity contribution in [3.8, 4) is 0 Å². The fraction of sp³-hybridized carbons (Fsp3) is 0.895. The summed E-state index contributed by atoms with van der Waals surface area (Å²) < 4.78 is 53.8. The van der Waals surface area contributed by atoms with E-state index in [9.17, 15) is 37.9 Å². The quantitative estimate of drug-likeness (QED) is 0.0247. The van der Waals surface area contributed by atoms with Gasteiger partial charge in [-0.3, -0.25) is 14.1 Å². The number of rotatable bonds is 32. The van der Waals surface area contributed by atoms with Gasteiger partial charge >= 0.3 is 11.9 Å². The van der Waals surface area contributed by atoms with E-state index in [1.165, 1.54) is 64.2 Å². The number of aliphatic hydroxyl groups is 3. The molecule has 0 aromatic heterocycles. The Bertz CT molecular complexity index is 1020. The SMILES string of the molecule is CCCC/C=C\CCCCCCCC(=O)OC(COC(=O)CCCCCCCCCCCCCC)COC1OC(CS(=O)(=O)O)C(O)C(O)C1O. The third-order valence-electron chi connectivity index (χ3n) is 9.10. The number of ether oxygens (including phenoxy) is 4. The first-order valence-electron chi connectivity index (χ1n) is 19.7. The van der Waals surface area contributed by atoms with Gasteiger partial charge in [-0.1, -0.05) is 129 Å². The molecule has 1 saturated heterocycles. The molecule has 300 valence electrons. The van der Waals surface area contributed by atoms with Crippen molar-refractivity contribution in [3.63, 3.8) is 0 Å². The normalized spacial score (nSPS) is 21.6. The minimum atomic E-state index is -4.59. The van der Waals surface area contributed by atoms with Gasteiger partial charge in [-0.25, -0.2) is 0 Å². The first kappa shape index (κ1) is 47.4. The summed E-state index contributed by atoms with van der Waals surface area (Å²) in [5.74, 6) is -1.99. The summed E-state index contributed by atoms with van der Waals surface area (Å²) in [4.78, 5) is 25.2. The lowest BCUT2D eigenvalue weighted by Crippen LogP contribution is -2.60. The molecule has 4 N–H and O–H groups in total. The van der Waals surface area contributed by atoms with E-state index in [0.29, 0.717) is 12.8 Å². The average molecular weight is 751 g/mol. The maximum atomic E-state index is 12.7. The topological polar surface area (TPSA) is 186 Å². The third-order valence-corrected chi connectivity index (χ3v) is 9.85. The summed E-state index contributed by atoms with van der Waals surface area (Å²) >= 11 is 0. The predicted molar refractivity (Wildman–Crippen MR) is 197 cm³/mol. The van der Waals surface area contributed by atoms with Crippen LogP contribution >= 0.6 is 0 Å². The smallest absolute Gasteiger partial charge is 0.306 e. The molecular formula is C38H70O12S. The minimum absolute atomic E-state index is 0.157. The van der Waals surface area contributed by atoms with E-state index < -0.39 is 71.2 Å². The Morgan fingerprint density at radius 2 is 1.14 bits per heavy atom. The summed E-state index contributed by atoms with van der Waals surface area (Å²) in [6, 6.07) is 0. The second-order valence-corrected chi connectivity index (χ2v) is 15.4. The number of aliphatic hydroxyl groups excluding tert-OH is 3. The number of hydrogen-bond donors (Lipinski definition) is 4. The van der Waals surface area contributed by atoms with Gasteiger partial charge in [0.15, 0.2) is 12.4 Å². The lowest BCUT2D eigenvalue weighted by Gasteiger charge is -2.40. The molecule has 6 unspecified atom stereocenters. The molecule has 0 aromatic carbocycles. The second kappa shape index (κ2) is 29.8. The molecule has 1 fully saturated rings. The van der Waals surface area contributed by atoms with Gasteiger partial charge in [0.2, 0.25) is 0 Å². The average Bonchev–Trinajstić information content (AvgIpc) is 3.09. The molecule has 0 aliphatic carbocycles. The predicted octanol–water partition coefficient (Wildman–Crippen LogP) is 6.72. The minimum Gasteiger partial charge on any atom is -0.462 e. The number of carbonyl (C=O) groups excluding carboxylic acids is 2. The van der Waals surface area contributed by atoms with E-state index in [1.807, 2.05) is 0 Å². The number of esters is 2. The van der Waals surface area contributed by atoms with Gasteiger partial charge in [0.05, 0.1) is 6.61 Å². The van der Waals surface area contributed by atoms with Gasteiger partial charge < -0.3 is 34.3 Å². The van der Waals surface area contributed by atoms with Crippen LogP contribution in [-0.4, -0.2) is 96.0 Å². The Balaban J connectivity index is 2.52. The van der Waals surface area contributed by atoms with Crippen LogP contribution in [0.1, 0.15) is 162 Å². The van der Waals surface area contributed by atoms with Gasteiger partial charge in [-0.2, -0.15) is 8.42 Å². The maximum absolute atomic E-state index is 12.7. The van der Waals surface area contributed by atoms with Crippen molar-refractivity contribution in [2.75, 3.05) is 19.0 Å². The van der Waals surface area contributed by atoms with Gasteiger partial charge in [0.1, 0.15) is 36.8 Å². The van der Waals surface area contributed by atoms with Crippen LogP contribution in [0.15, 0.2) is 12.2 Å². The van der Waals surface area contributed by atoms with Crippen molar-refractivity contribution in [2.24, 2.45) is 0 Å². The molecular weight excluding hydrogens is 680 g/mol. The molecule has 0 radical (unpaired) electrons. The van der Waals surface area contributed by atoms with Crippen molar-refractivity contribution in [2.45, 2.75) is 198 Å². The van der Waals surface area contributed by atoms with Crippen LogP contribution in [0.5, 0.6) is 0 Å². The molecule has 1 aliphatic heterocycles. The van der Waals surface area contributed by atoms with Gasteiger partial charge in [-0.05, 0) is 32.1 Å². The molecule has 0 aromatic rings. The van der Waals surface area contributed by atoms with Crippen LogP contribution in [0.2, 0.25) is 0 Å². The Labute approximate surface area is 307 Å². The molecule has 6 atom stereocenters. The maximum Gasteiger partial charge on any atom is 0.306 e. The Morgan fingerprint density at radius 3 is 1.69 bits per heavy atom. The van der Waals surface area contributed by atoms with Crippen LogP contribution in [0.25, 0.3) is 0 Å². The fourth-order valence-corrected chi connectivity index (χ4v) is 6.64. The molecule has 0 saturated carbocycles. The van der Waals surface area contributed by atoms with Crippen molar-refractivity contribution in [3.05, 3.63) is 12.2 Å². The largest absolute Gasteiger partial charge is 0.462 e. The van der Waals surface area contributed by atoms with Crippen LogP contribution in [0.4, 0.5) is 0 Å². The zero-order valence-electron chi connectivity index (χ0n) is 31.5. The molecule has 51 heavy (non-hydrogen) atoms. The van der Waals surface area contributed by atoms with Crippen molar-refractivity contribution in [1.82, 2.24) is 0 Å². The highest BCUT2D eigenvalue weighted by molar-refractivity contribution is 7.85. The summed E-state index contributed by atoms with van der Waals surface area (Å²) in [6.07, 6.45) is 18.5. The van der Waals surface area contributed by atoms with E-state index in [-0.39, 0.29) is 19.4 Å². The fourth-order valence-electron chi connectivity index (χ4n) is 5.95. The Morgan fingerprint density at radius 1 is 0.647 bits per heavy atom. The molecule has 0 amide bonds. The first-order valence-corrected chi connectivity index (χ1v) is 21.4. The monoisotopic (exact) mass is 750 g/mol. The highest BCUT2D eigenvalue weighted by atomic mass is 32.2. The second-order valence-electron chi connectivity index (χ2n) is 14.0. The summed E-state index contributed by atoms with van der Waals surface area (Å²) in [5, 5.41) is 30.7. The van der Waals surface area contributed by atoms with Crippen molar-refractivity contribution in [1.29, 1.82) is 0 Å². The van der Waals surface area contributed by atoms with Gasteiger partial charge in [0, 0.05) is 12.8 Å². The molecule has 13 heteroatoms. The van der Waals surface area contributed by atoms with E-state index in [4.69, 9.17) is 18.9 Å². The lowest BCUT2D eigenvalue weighted by molar-refractivity contribution is -0.297. The molecule has 0 spiro atoms. The summed E-state index contributed by atoms with van der Waals surface area (Å²) in [5.41, 5.74) is 0. The number of unbranched alkanes of at least 4 members (excludes halogenated alkanes) is 18. The van der Waals surface area contributed by atoms with E-state index >= 15 is 0 Å². The van der Waals surface area contributed by atoms with E-state index in [1.54, 1.807) is 0 Å². The van der Waals surface area contributed by atoms with Gasteiger partial charge in [-0.15, -0.1) is 0 Å². The molecule has 12 nitrogen and oxygen atoms in total. The van der Waals surface area contributed by atoms with Crippen LogP contribution in [-0.2, 0) is 38.7 Å². The molecule has 1 rings (SSSR count). The van der Waals surface area contributed by atoms with Gasteiger partial charge in [0.25, 0.3) is 10.1 Å². The van der Waals surface area contributed by atoms with Crippen LogP contribution < -0.4 is 0 Å². The van der Waals surface area contributed by atoms with Crippen molar-refractivity contribution < 1.29 is 56.8 Å². The van der Waals surface area contributed by atoms with Crippen LogP contribution in [0, 0.1) is 0 Å². The highest BCUT2D eigenvalue weighted by Gasteiger charge is 2.46. The highest BCUT2D eigenvalue weighted by Crippen LogP contribution is 2.24. The zero-order chi connectivity index (χ0) is 37.7. The summed E-state index contributed by atoms with van der Waals surface area (Å²) in [7, 11) is -4.59. The zero-order valence-corrected chi connectivity index (χ0v) is 32.3. The Kier molecular flexibility index (Phi) is 27.7. The lowest BCUT2D eigenvalue weighted by atomic mass is 10.00. The number of hydrogen-bond acceptors (Lipinski definition) is 11. The van der Waals surface area contributed by atoms with E-state index in [2.05, 4.69) is 26.0 Å². The third kappa shape index (κ3) is 25.1. The summed E-state index contributed by atoms with van der Waals surface area (Å²) in [6.45, 7) is 3.68. The molecule has 0 bridgehead atoms. The first-order chi connectivity index (χ1) is 24.5. The van der Waals surface area contributed by atoms with E-state index in [0.717, 1.165) is 57.8 Å². The molecule has 1 heterocycles. The Hall–Kier alpha value is -1.61. The molecule has 1 aliphatic rings. The van der Waals surface area contributed by atoms with Crippen LogP contribution in [0.3, 0.4) is 0 Å². The standard InChI is InChI=1S/C38H70O12S/c1-3-5-7-9-11-13-15-17-18-20-22-24-26-33(39)47-28-31(49-34(40)27-25-23-21-19-16-14-12-10-8-6-4-2)29-48-38-37(43)36(42)35(41)32(50-38)30-51(44,45)46/h10,12,31-32,35-38,41-43H,3-9,11,13-30H2,1-2H3,(H,44,45,46)/b12-10-. The number of carbonyl (C=O) groups is 2. The van der Waals surface area contributed by atoms with Crippen molar-refractivity contribution >= 4 is 22.1 Å². The number of allylic oxidation sites excluding steroid dienone is 2.